The van der Waals surface area contributed by atoms with Crippen LogP contribution in [0, 0.1) is 27.7 Å². The van der Waals surface area contributed by atoms with E-state index in [0.29, 0.717) is 0 Å². The zero-order valence-corrected chi connectivity index (χ0v) is 65.6. The second-order valence-corrected chi connectivity index (χ2v) is 33.9. The number of furan rings is 2. The molecule has 0 aliphatic carbocycles. The van der Waals surface area contributed by atoms with Crippen molar-refractivity contribution in [3.63, 3.8) is 0 Å². The summed E-state index contributed by atoms with van der Waals surface area (Å²) in [5.74, 6) is 0. The van der Waals surface area contributed by atoms with Crippen molar-refractivity contribution in [2.45, 2.75) is 38.5 Å². The number of anilines is 6. The van der Waals surface area contributed by atoms with E-state index >= 15 is 0 Å². The first-order valence-electron chi connectivity index (χ1n) is 39.8. The molecule has 18 aromatic carbocycles. The molecular weight excluding hydrogens is 1460 g/mol. The molecule has 0 amide bonds. The van der Waals surface area contributed by atoms with E-state index in [0.717, 1.165) is 138 Å². The summed E-state index contributed by atoms with van der Waals surface area (Å²) in [5, 5.41) is 11.4. The average Bonchev–Trinajstić information content (AvgIpc) is 1.44. The third-order valence-electron chi connectivity index (χ3n) is 25.1. The van der Waals surface area contributed by atoms with Crippen LogP contribution in [0.1, 0.15) is 66.8 Å². The van der Waals surface area contributed by atoms with E-state index in [1.165, 1.54) is 91.7 Å². The van der Waals surface area contributed by atoms with Gasteiger partial charge < -0.3 is 13.7 Å². The topological polar surface area (TPSA) is 32.8 Å². The molecule has 2 aliphatic heterocycles. The minimum absolute atomic E-state index is 0.0646. The first-order valence-corrected chi connectivity index (χ1v) is 41.5. The maximum absolute atomic E-state index is 6.89. The van der Waals surface area contributed by atoms with Crippen molar-refractivity contribution >= 4 is 133 Å². The summed E-state index contributed by atoms with van der Waals surface area (Å²) in [4.78, 5) is 5.16. The molecule has 21 aromatic rings. The van der Waals surface area contributed by atoms with Crippen molar-refractivity contribution in [2.75, 3.05) is 9.80 Å². The Kier molecular flexibility index (Phi) is 15.1. The van der Waals surface area contributed by atoms with Crippen molar-refractivity contribution in [2.24, 2.45) is 0 Å². The van der Waals surface area contributed by atoms with Crippen molar-refractivity contribution < 1.29 is 8.83 Å². The van der Waals surface area contributed by atoms with Crippen LogP contribution >= 0.6 is 0 Å². The average molecular weight is 1530 g/mol. The number of nitrogens with zero attached hydrogens (tertiary/aromatic N) is 2. The molecule has 0 radical (unpaired) electrons. The Labute approximate surface area is 673 Å². The van der Waals surface area contributed by atoms with Gasteiger partial charge in [0, 0.05) is 5.39 Å². The summed E-state index contributed by atoms with van der Waals surface area (Å²) in [6, 6.07) is 142. The predicted molar refractivity (Wildman–Crippen MR) is 482 cm³/mol. The van der Waals surface area contributed by atoms with Gasteiger partial charge in [-0.1, -0.05) is 169 Å². The Hall–Kier alpha value is -13.8. The number of aryl methyl sites for hydroxylation is 4. The van der Waals surface area contributed by atoms with E-state index < -0.39 is 10.8 Å². The molecule has 2 aliphatic rings. The summed E-state index contributed by atoms with van der Waals surface area (Å²) in [7, 11) is 0. The molecule has 0 saturated carbocycles. The molecule has 3 aromatic heterocycles. The minimum atomic E-state index is -0.717. The zero-order chi connectivity index (χ0) is 76.4. The van der Waals surface area contributed by atoms with Gasteiger partial charge in [-0.15, -0.1) is 0 Å². The second kappa shape index (κ2) is 25.9. The molecular formula is C110H74N2O2Se. The van der Waals surface area contributed by atoms with Gasteiger partial charge in [0.05, 0.1) is 16.8 Å². The Morgan fingerprint density at radius 3 is 0.983 bits per heavy atom. The van der Waals surface area contributed by atoms with Crippen LogP contribution in [-0.4, -0.2) is 14.5 Å². The van der Waals surface area contributed by atoms with Gasteiger partial charge in [0.15, 0.2) is 0 Å². The number of rotatable bonds is 10. The summed E-state index contributed by atoms with van der Waals surface area (Å²) in [6.07, 6.45) is 0. The SMILES string of the molecule is Cc1ccc(C2(c3ccc(C)cc3)c3ccccc3N(c3ccc4c(-c5ccc6oc7ccc(-c8ccccc8)cc7c6c5)c5cc(N6c7ccccc7C(c7ccc(C)cc7)(c7ccc(C)cc7)c7cc8c(cc76)[se]c6ccccc68)ccc5c(-c5ccc6oc7ccc(-c8ccccc8)cc7c6c5)c4c3)c3ccccc32)cc1. The van der Waals surface area contributed by atoms with Gasteiger partial charge in [-0.2, -0.15) is 0 Å². The van der Waals surface area contributed by atoms with Gasteiger partial charge in [-0.05, 0) is 94.8 Å². The predicted octanol–water partition coefficient (Wildman–Crippen LogP) is 29.4. The first-order chi connectivity index (χ1) is 56.6. The van der Waals surface area contributed by atoms with Crippen molar-refractivity contribution in [1.29, 1.82) is 0 Å². The molecule has 0 saturated heterocycles. The normalized spacial score (nSPS) is 13.5. The van der Waals surface area contributed by atoms with Crippen molar-refractivity contribution in [1.82, 2.24) is 0 Å². The van der Waals surface area contributed by atoms with Gasteiger partial charge in [0.2, 0.25) is 0 Å². The third-order valence-corrected chi connectivity index (χ3v) is 27.4. The van der Waals surface area contributed by atoms with Gasteiger partial charge in [0.1, 0.15) is 16.7 Å². The van der Waals surface area contributed by atoms with Gasteiger partial charge >= 0.3 is 362 Å². The Bertz CT molecular complexity index is 7420. The second-order valence-electron chi connectivity index (χ2n) is 31.6. The molecule has 542 valence electrons. The van der Waals surface area contributed by atoms with Crippen LogP contribution < -0.4 is 9.80 Å². The smallest absolute Gasteiger partial charge is 0.0509 e. The Balaban J connectivity index is 0.837. The van der Waals surface area contributed by atoms with E-state index in [2.05, 4.69) is 414 Å². The Morgan fingerprint density at radius 2 is 0.565 bits per heavy atom. The molecule has 5 heterocycles. The summed E-state index contributed by atoms with van der Waals surface area (Å²) < 4.78 is 16.6. The van der Waals surface area contributed by atoms with E-state index in [9.17, 15) is 0 Å². The molecule has 0 N–H and O–H groups in total. The molecule has 5 heteroatoms. The maximum atomic E-state index is 6.89. The van der Waals surface area contributed by atoms with Crippen LogP contribution in [0.2, 0.25) is 0 Å². The minimum Gasteiger partial charge on any atom is -0.0618 e. The molecule has 0 bridgehead atoms. The standard InChI is InChI=1S/C110H74N2O2Se/c1-67-31-43-77(44-32-67)109(78-45-33-68(2)34-46-78)93-24-12-15-27-97(93)111(98-28-16-13-25-94(98)109)81-51-53-84-91(63-81)107(75-41-57-103-88(61-75)86-59-73(39-55-101(86)113-103)71-19-7-5-8-20-71)85-54-52-82(64-92(85)108(84)76-42-58-104-89(62-76)87-60-74(40-56-102(87)114-104)72-21-9-6-10-22-72)112-99-29-17-14-26-95(99)110(79-47-35-69(3)36-48-79,80-49-37-70(4)38-50-80)96-65-90-83-23-11-18-30-105(83)115-106(90)66-100(96)112/h5-66H,1-4H3. The zero-order valence-electron chi connectivity index (χ0n) is 63.9. The summed E-state index contributed by atoms with van der Waals surface area (Å²) in [6.45, 7) is 8.77. The molecule has 23 rings (SSSR count). The fourth-order valence-electron chi connectivity index (χ4n) is 19.7. The van der Waals surface area contributed by atoms with E-state index in [4.69, 9.17) is 8.83 Å². The van der Waals surface area contributed by atoms with Crippen molar-refractivity contribution in [3.8, 4) is 44.5 Å². The number of benzene rings is 18. The largest absolute Gasteiger partial charge is 0.0618 e. The van der Waals surface area contributed by atoms with E-state index in [-0.39, 0.29) is 14.5 Å². The fraction of sp³-hybridized carbons (Fsp3) is 0.0545. The molecule has 0 spiro atoms. The maximum Gasteiger partial charge on any atom is 0.0509 e. The van der Waals surface area contributed by atoms with Crippen LogP contribution in [0.4, 0.5) is 34.1 Å². The molecule has 115 heavy (non-hydrogen) atoms. The molecule has 0 atom stereocenters. The molecule has 0 unspecified atom stereocenters. The Morgan fingerprint density at radius 1 is 0.217 bits per heavy atom. The first kappa shape index (κ1) is 66.9. The fourth-order valence-corrected chi connectivity index (χ4v) is 22.0. The van der Waals surface area contributed by atoms with Crippen LogP contribution in [-0.2, 0) is 10.8 Å². The van der Waals surface area contributed by atoms with Crippen LogP contribution in [0.25, 0.3) is 129 Å². The van der Waals surface area contributed by atoms with Gasteiger partial charge in [-0.25, -0.2) is 0 Å². The number of hydrogen-bond acceptors (Lipinski definition) is 4. The summed E-state index contributed by atoms with van der Waals surface area (Å²) in [5.41, 5.74) is 32.3. The number of hydrogen-bond donors (Lipinski definition) is 0. The molecule has 0 fully saturated rings. The third kappa shape index (κ3) is 10.2. The molecule has 4 nitrogen and oxygen atoms in total. The van der Waals surface area contributed by atoms with Gasteiger partial charge in [0.25, 0.3) is 0 Å². The quantitative estimate of drug-likeness (QED) is 0.101. The number of fused-ring (bicyclic) bond motifs is 15. The van der Waals surface area contributed by atoms with Crippen LogP contribution in [0.5, 0.6) is 0 Å². The van der Waals surface area contributed by atoms with Crippen molar-refractivity contribution in [3.05, 3.63) is 443 Å². The van der Waals surface area contributed by atoms with E-state index in [1.807, 2.05) is 0 Å². The number of para-hydroxylation sites is 3. The monoisotopic (exact) mass is 1530 g/mol. The van der Waals surface area contributed by atoms with Crippen LogP contribution in [0.15, 0.2) is 385 Å². The van der Waals surface area contributed by atoms with Crippen LogP contribution in [0.3, 0.4) is 0 Å². The summed E-state index contributed by atoms with van der Waals surface area (Å²) >= 11 is 0.0646. The van der Waals surface area contributed by atoms with Gasteiger partial charge in [-0.3, -0.25) is 0 Å². The van der Waals surface area contributed by atoms with E-state index in [1.54, 1.807) is 0 Å².